The fourth-order valence-electron chi connectivity index (χ4n) is 3.82. The molecule has 4 rings (SSSR count). The minimum absolute atomic E-state index is 0.106. The summed E-state index contributed by atoms with van der Waals surface area (Å²) < 4.78 is 6.99. The molecule has 1 aliphatic rings. The third-order valence-corrected chi connectivity index (χ3v) is 6.44. The second-order valence-corrected chi connectivity index (χ2v) is 8.71. The first-order valence-electron chi connectivity index (χ1n) is 10.4. The van der Waals surface area contributed by atoms with Crippen LogP contribution in [0, 0.1) is 17.0 Å². The summed E-state index contributed by atoms with van der Waals surface area (Å²) in [7, 11) is 0. The maximum atomic E-state index is 13.5. The van der Waals surface area contributed by atoms with Gasteiger partial charge in [0.1, 0.15) is 5.75 Å². The summed E-state index contributed by atoms with van der Waals surface area (Å²) in [6.07, 6.45) is 1.67. The highest BCUT2D eigenvalue weighted by molar-refractivity contribution is 7.07. The number of nitro groups is 1. The van der Waals surface area contributed by atoms with Crippen molar-refractivity contribution in [2.24, 2.45) is 4.99 Å². The number of aryl methyl sites for hydroxylation is 1. The highest BCUT2D eigenvalue weighted by Gasteiger charge is 2.34. The van der Waals surface area contributed by atoms with Crippen LogP contribution in [0.3, 0.4) is 0 Å². The van der Waals surface area contributed by atoms with Gasteiger partial charge in [0, 0.05) is 11.6 Å². The van der Waals surface area contributed by atoms with Crippen LogP contribution in [0.5, 0.6) is 5.75 Å². The molecule has 2 heterocycles. The van der Waals surface area contributed by atoms with Gasteiger partial charge >= 0.3 is 5.97 Å². The third-order valence-electron chi connectivity index (χ3n) is 5.45. The summed E-state index contributed by atoms with van der Waals surface area (Å²) in [5, 5.41) is 21.1. The first-order chi connectivity index (χ1) is 16.2. The van der Waals surface area contributed by atoms with Crippen LogP contribution < -0.4 is 14.9 Å². The van der Waals surface area contributed by atoms with Gasteiger partial charge in [0.05, 0.1) is 33.4 Å². The highest BCUT2D eigenvalue weighted by Crippen LogP contribution is 2.33. The number of hydrogen-bond donors (Lipinski definition) is 1. The van der Waals surface area contributed by atoms with Crippen molar-refractivity contribution in [3.05, 3.63) is 100 Å². The summed E-state index contributed by atoms with van der Waals surface area (Å²) in [6, 6.07) is 10.1. The van der Waals surface area contributed by atoms with Crippen molar-refractivity contribution in [1.82, 2.24) is 4.57 Å². The Bertz CT molecular complexity index is 1520. The fraction of sp³-hybridized carbons (Fsp3) is 0.208. The Kier molecular flexibility index (Phi) is 6.16. The number of hydrogen-bond acceptors (Lipinski definition) is 8. The smallest absolute Gasteiger partial charge is 0.338 e. The lowest BCUT2D eigenvalue weighted by atomic mass is 9.94. The van der Waals surface area contributed by atoms with Crippen LogP contribution in [0.2, 0.25) is 0 Å². The number of esters is 1. The molecular formula is C24H21N3O6S. The van der Waals surface area contributed by atoms with Gasteiger partial charge in [-0.25, -0.2) is 9.79 Å². The van der Waals surface area contributed by atoms with Crippen LogP contribution in [0.25, 0.3) is 6.08 Å². The van der Waals surface area contributed by atoms with E-state index in [1.54, 1.807) is 51.1 Å². The second-order valence-electron chi connectivity index (χ2n) is 7.70. The van der Waals surface area contributed by atoms with E-state index < -0.39 is 16.9 Å². The van der Waals surface area contributed by atoms with Crippen LogP contribution in [-0.4, -0.2) is 27.2 Å². The molecule has 0 aliphatic carbocycles. The van der Waals surface area contributed by atoms with Gasteiger partial charge in [-0.1, -0.05) is 35.6 Å². The van der Waals surface area contributed by atoms with E-state index in [0.29, 0.717) is 31.7 Å². The van der Waals surface area contributed by atoms with E-state index in [1.807, 2.05) is 0 Å². The number of fused-ring (bicyclic) bond motifs is 1. The second kappa shape index (κ2) is 9.06. The predicted octanol–water partition coefficient (Wildman–Crippen LogP) is 2.72. The lowest BCUT2D eigenvalue weighted by molar-refractivity contribution is -0.385. The number of phenols is 1. The molecular weight excluding hydrogens is 458 g/mol. The number of aromatic nitrogens is 1. The zero-order chi connectivity index (χ0) is 24.6. The topological polar surface area (TPSA) is 124 Å². The number of aromatic hydroxyl groups is 1. The Morgan fingerprint density at radius 2 is 1.97 bits per heavy atom. The number of ether oxygens (including phenoxy) is 1. The Balaban J connectivity index is 1.98. The number of thiazole rings is 1. The first kappa shape index (κ1) is 23.1. The molecule has 2 aromatic carbocycles. The van der Waals surface area contributed by atoms with Crippen molar-refractivity contribution < 1.29 is 19.6 Å². The quantitative estimate of drug-likeness (QED) is 0.341. The van der Waals surface area contributed by atoms with Crippen LogP contribution >= 0.6 is 11.3 Å². The molecule has 34 heavy (non-hydrogen) atoms. The maximum Gasteiger partial charge on any atom is 0.338 e. The maximum absolute atomic E-state index is 13.5. The van der Waals surface area contributed by atoms with Gasteiger partial charge in [-0.05, 0) is 50.1 Å². The molecule has 1 aliphatic heterocycles. The Labute approximate surface area is 197 Å². The number of nitrogens with zero attached hydrogens (tertiary/aromatic N) is 3. The van der Waals surface area contributed by atoms with Gasteiger partial charge in [-0.15, -0.1) is 0 Å². The molecule has 0 saturated heterocycles. The summed E-state index contributed by atoms with van der Waals surface area (Å²) in [5.74, 6) is -0.529. The third kappa shape index (κ3) is 4.15. The average Bonchev–Trinajstić information content (AvgIpc) is 3.09. The van der Waals surface area contributed by atoms with Gasteiger partial charge in [-0.2, -0.15) is 0 Å². The van der Waals surface area contributed by atoms with Crippen molar-refractivity contribution in [1.29, 1.82) is 0 Å². The zero-order valence-corrected chi connectivity index (χ0v) is 19.5. The number of carbonyl (C=O) groups is 1. The first-order valence-corrected chi connectivity index (χ1v) is 11.3. The SMILES string of the molecule is CCOC(=O)C1=C(C)N=c2s/c(=C/c3ccc(O)cc3)c(=O)n2[C@@H]1c1ccc(C)c([N+](=O)[O-])c1. The molecule has 1 N–H and O–H groups in total. The van der Waals surface area contributed by atoms with Gasteiger partial charge in [0.15, 0.2) is 4.80 Å². The van der Waals surface area contributed by atoms with E-state index >= 15 is 0 Å². The molecule has 9 nitrogen and oxygen atoms in total. The van der Waals surface area contributed by atoms with Gasteiger partial charge in [-0.3, -0.25) is 19.5 Å². The van der Waals surface area contributed by atoms with E-state index in [4.69, 9.17) is 4.74 Å². The fourth-order valence-corrected chi connectivity index (χ4v) is 4.87. The summed E-state index contributed by atoms with van der Waals surface area (Å²) >= 11 is 1.15. The standard InChI is InChI=1S/C24H21N3O6S/c1-4-33-23(30)20-14(3)25-24-26(21(20)16-8-5-13(2)18(12-16)27(31)32)22(29)19(34-24)11-15-6-9-17(28)10-7-15/h5-12,21,28H,4H2,1-3H3/b19-11+/t21-/m1/s1. The van der Waals surface area contributed by atoms with Crippen molar-refractivity contribution in [2.45, 2.75) is 26.8 Å². The van der Waals surface area contributed by atoms with E-state index in [-0.39, 0.29) is 29.2 Å². The molecule has 1 atom stereocenters. The van der Waals surface area contributed by atoms with Crippen LogP contribution in [0.4, 0.5) is 5.69 Å². The van der Waals surface area contributed by atoms with Gasteiger partial charge in [0.25, 0.3) is 11.2 Å². The van der Waals surface area contributed by atoms with E-state index in [0.717, 1.165) is 11.3 Å². The van der Waals surface area contributed by atoms with Crippen LogP contribution in [0.15, 0.2) is 63.5 Å². The normalized spacial score (nSPS) is 15.6. The summed E-state index contributed by atoms with van der Waals surface area (Å²) in [5.41, 5.74) is 1.61. The molecule has 0 spiro atoms. The molecule has 0 saturated carbocycles. The molecule has 0 fully saturated rings. The molecule has 174 valence electrons. The van der Waals surface area contributed by atoms with E-state index in [1.165, 1.54) is 22.8 Å². The summed E-state index contributed by atoms with van der Waals surface area (Å²) in [4.78, 5) is 42.4. The predicted molar refractivity (Wildman–Crippen MR) is 126 cm³/mol. The molecule has 3 aromatic rings. The van der Waals surface area contributed by atoms with Gasteiger partial charge in [0.2, 0.25) is 0 Å². The van der Waals surface area contributed by atoms with Crippen LogP contribution in [0.1, 0.15) is 36.6 Å². The molecule has 0 unspecified atom stereocenters. The van der Waals surface area contributed by atoms with E-state index in [2.05, 4.69) is 4.99 Å². The Hall–Kier alpha value is -4.05. The number of benzene rings is 2. The van der Waals surface area contributed by atoms with Crippen molar-refractivity contribution in [2.75, 3.05) is 6.61 Å². The number of nitro benzene ring substituents is 1. The number of carbonyl (C=O) groups excluding carboxylic acids is 1. The average molecular weight is 480 g/mol. The van der Waals surface area contributed by atoms with Crippen LogP contribution in [-0.2, 0) is 9.53 Å². The molecule has 0 bridgehead atoms. The van der Waals surface area contributed by atoms with Crippen molar-refractivity contribution in [3.8, 4) is 5.75 Å². The molecule has 0 radical (unpaired) electrons. The lowest BCUT2D eigenvalue weighted by Crippen LogP contribution is -2.40. The minimum atomic E-state index is -0.934. The monoisotopic (exact) mass is 479 g/mol. The number of rotatable bonds is 5. The zero-order valence-electron chi connectivity index (χ0n) is 18.6. The molecule has 10 heteroatoms. The van der Waals surface area contributed by atoms with E-state index in [9.17, 15) is 24.8 Å². The van der Waals surface area contributed by atoms with Gasteiger partial charge < -0.3 is 9.84 Å². The Morgan fingerprint density at radius 3 is 2.62 bits per heavy atom. The minimum Gasteiger partial charge on any atom is -0.508 e. The molecule has 0 amide bonds. The lowest BCUT2D eigenvalue weighted by Gasteiger charge is -2.24. The largest absolute Gasteiger partial charge is 0.508 e. The highest BCUT2D eigenvalue weighted by atomic mass is 32.1. The number of phenolic OH excluding ortho intramolecular Hbond substituents is 1. The summed E-state index contributed by atoms with van der Waals surface area (Å²) in [6.45, 7) is 5.07. The van der Waals surface area contributed by atoms with Crippen molar-refractivity contribution in [3.63, 3.8) is 0 Å². The Morgan fingerprint density at radius 1 is 1.26 bits per heavy atom. The number of allylic oxidation sites excluding steroid dienone is 1. The van der Waals surface area contributed by atoms with Crippen molar-refractivity contribution >= 4 is 29.1 Å². The molecule has 1 aromatic heterocycles.